The molecule has 2 atom stereocenters. The predicted octanol–water partition coefficient (Wildman–Crippen LogP) is 4.04. The van der Waals surface area contributed by atoms with Gasteiger partial charge < -0.3 is 10.4 Å². The largest absolute Gasteiger partial charge is 0.478 e. The second kappa shape index (κ2) is 7.82. The van der Waals surface area contributed by atoms with Crippen LogP contribution >= 0.6 is 0 Å². The SMILES string of the molecule is CC(C)(C)C1CCCCC1NC(=O)CCc1ccccc1C(=O)O. The summed E-state index contributed by atoms with van der Waals surface area (Å²) in [4.78, 5) is 23.6. The van der Waals surface area contributed by atoms with E-state index in [-0.39, 0.29) is 22.9 Å². The van der Waals surface area contributed by atoms with Gasteiger partial charge in [-0.05, 0) is 42.2 Å². The van der Waals surface area contributed by atoms with Gasteiger partial charge in [-0.2, -0.15) is 0 Å². The molecular weight excluding hydrogens is 302 g/mol. The van der Waals surface area contributed by atoms with Gasteiger partial charge in [0.2, 0.25) is 5.91 Å². The molecule has 4 nitrogen and oxygen atoms in total. The van der Waals surface area contributed by atoms with Crippen molar-refractivity contribution in [2.45, 2.75) is 65.3 Å². The molecule has 0 spiro atoms. The van der Waals surface area contributed by atoms with E-state index in [4.69, 9.17) is 0 Å². The Hall–Kier alpha value is -1.84. The number of benzene rings is 1. The third-order valence-corrected chi connectivity index (χ3v) is 5.09. The van der Waals surface area contributed by atoms with Gasteiger partial charge >= 0.3 is 5.97 Å². The van der Waals surface area contributed by atoms with Crippen LogP contribution in [0.4, 0.5) is 0 Å². The van der Waals surface area contributed by atoms with Crippen LogP contribution in [0, 0.1) is 11.3 Å². The number of rotatable bonds is 5. The summed E-state index contributed by atoms with van der Waals surface area (Å²) in [6.07, 6.45) is 5.40. The Labute approximate surface area is 144 Å². The van der Waals surface area contributed by atoms with E-state index in [0.717, 1.165) is 18.4 Å². The summed E-state index contributed by atoms with van der Waals surface area (Å²) in [6, 6.07) is 7.14. The number of aryl methyl sites for hydroxylation is 1. The zero-order valence-corrected chi connectivity index (χ0v) is 15.0. The quantitative estimate of drug-likeness (QED) is 0.856. The number of amides is 1. The maximum absolute atomic E-state index is 12.4. The molecule has 1 aromatic rings. The summed E-state index contributed by atoms with van der Waals surface area (Å²) in [5.41, 5.74) is 1.19. The van der Waals surface area contributed by atoms with Crippen molar-refractivity contribution in [1.29, 1.82) is 0 Å². The molecule has 0 saturated heterocycles. The van der Waals surface area contributed by atoms with E-state index >= 15 is 0 Å². The number of hydrogen-bond donors (Lipinski definition) is 2. The highest BCUT2D eigenvalue weighted by molar-refractivity contribution is 5.89. The van der Waals surface area contributed by atoms with E-state index in [2.05, 4.69) is 26.1 Å². The first-order chi connectivity index (χ1) is 11.3. The fourth-order valence-corrected chi connectivity index (χ4v) is 3.81. The molecule has 1 aliphatic carbocycles. The Kier molecular flexibility index (Phi) is 6.03. The first-order valence-corrected chi connectivity index (χ1v) is 8.89. The van der Waals surface area contributed by atoms with Crippen LogP contribution in [-0.4, -0.2) is 23.0 Å². The third-order valence-electron chi connectivity index (χ3n) is 5.09. The summed E-state index contributed by atoms with van der Waals surface area (Å²) >= 11 is 0. The van der Waals surface area contributed by atoms with Crippen molar-refractivity contribution in [2.75, 3.05) is 0 Å². The number of nitrogens with one attached hydrogen (secondary N) is 1. The number of carbonyl (C=O) groups is 2. The second-order valence-corrected chi connectivity index (χ2v) is 7.89. The average Bonchev–Trinajstić information content (AvgIpc) is 2.52. The van der Waals surface area contributed by atoms with Gasteiger partial charge in [-0.1, -0.05) is 51.8 Å². The minimum atomic E-state index is -0.939. The van der Waals surface area contributed by atoms with Crippen LogP contribution in [0.25, 0.3) is 0 Å². The van der Waals surface area contributed by atoms with Crippen molar-refractivity contribution in [3.8, 4) is 0 Å². The van der Waals surface area contributed by atoms with E-state index in [1.165, 1.54) is 12.8 Å². The Morgan fingerprint density at radius 3 is 2.50 bits per heavy atom. The molecule has 1 amide bonds. The predicted molar refractivity (Wildman–Crippen MR) is 95.1 cm³/mol. The number of hydrogen-bond acceptors (Lipinski definition) is 2. The highest BCUT2D eigenvalue weighted by Crippen LogP contribution is 2.38. The molecule has 1 fully saturated rings. The highest BCUT2D eigenvalue weighted by Gasteiger charge is 2.34. The van der Waals surface area contributed by atoms with Gasteiger partial charge in [-0.3, -0.25) is 4.79 Å². The standard InChI is InChI=1S/C20H29NO3/c1-20(2,3)16-10-6-7-11-17(16)21-18(22)13-12-14-8-4-5-9-15(14)19(23)24/h4-5,8-9,16-17H,6-7,10-13H2,1-3H3,(H,21,22)(H,23,24). The fraction of sp³-hybridized carbons (Fsp3) is 0.600. The Bertz CT molecular complexity index is 589. The van der Waals surface area contributed by atoms with Crippen LogP contribution in [0.1, 0.15) is 68.8 Å². The molecule has 0 radical (unpaired) electrons. The van der Waals surface area contributed by atoms with Crippen LogP contribution < -0.4 is 5.32 Å². The van der Waals surface area contributed by atoms with Gasteiger partial charge in [0.05, 0.1) is 5.56 Å². The maximum Gasteiger partial charge on any atom is 0.335 e. The lowest BCUT2D eigenvalue weighted by atomic mass is 9.69. The molecule has 0 heterocycles. The molecule has 1 aliphatic rings. The van der Waals surface area contributed by atoms with Crippen molar-refractivity contribution < 1.29 is 14.7 Å². The van der Waals surface area contributed by atoms with Crippen molar-refractivity contribution in [3.05, 3.63) is 35.4 Å². The zero-order chi connectivity index (χ0) is 17.7. The van der Waals surface area contributed by atoms with Crippen LogP contribution in [0.5, 0.6) is 0 Å². The van der Waals surface area contributed by atoms with Gasteiger partial charge in [-0.25, -0.2) is 4.79 Å². The maximum atomic E-state index is 12.4. The monoisotopic (exact) mass is 331 g/mol. The molecule has 0 aromatic heterocycles. The van der Waals surface area contributed by atoms with Crippen LogP contribution in [-0.2, 0) is 11.2 Å². The molecule has 4 heteroatoms. The molecule has 0 aliphatic heterocycles. The van der Waals surface area contributed by atoms with E-state index in [1.54, 1.807) is 18.2 Å². The van der Waals surface area contributed by atoms with Crippen LogP contribution in [0.15, 0.2) is 24.3 Å². The summed E-state index contributed by atoms with van der Waals surface area (Å²) < 4.78 is 0. The zero-order valence-electron chi connectivity index (χ0n) is 15.0. The molecular formula is C20H29NO3. The Balaban J connectivity index is 1.95. The molecule has 2 N–H and O–H groups in total. The minimum Gasteiger partial charge on any atom is -0.478 e. The van der Waals surface area contributed by atoms with Gasteiger partial charge in [0.1, 0.15) is 0 Å². The fourth-order valence-electron chi connectivity index (χ4n) is 3.81. The summed E-state index contributed by atoms with van der Waals surface area (Å²) in [5.74, 6) is -0.413. The Morgan fingerprint density at radius 2 is 1.83 bits per heavy atom. The third kappa shape index (κ3) is 4.83. The average molecular weight is 331 g/mol. The second-order valence-electron chi connectivity index (χ2n) is 7.89. The van der Waals surface area contributed by atoms with Crippen molar-refractivity contribution >= 4 is 11.9 Å². The van der Waals surface area contributed by atoms with Gasteiger partial charge in [0.25, 0.3) is 0 Å². The first kappa shape index (κ1) is 18.5. The molecule has 2 unspecified atom stereocenters. The van der Waals surface area contributed by atoms with Crippen LogP contribution in [0.3, 0.4) is 0 Å². The molecule has 1 saturated carbocycles. The summed E-state index contributed by atoms with van der Waals surface area (Å²) in [7, 11) is 0. The van der Waals surface area contributed by atoms with Crippen LogP contribution in [0.2, 0.25) is 0 Å². The molecule has 24 heavy (non-hydrogen) atoms. The first-order valence-electron chi connectivity index (χ1n) is 8.89. The van der Waals surface area contributed by atoms with Gasteiger partial charge in [0, 0.05) is 12.5 Å². The Morgan fingerprint density at radius 1 is 1.17 bits per heavy atom. The van der Waals surface area contributed by atoms with Crippen molar-refractivity contribution in [3.63, 3.8) is 0 Å². The topological polar surface area (TPSA) is 66.4 Å². The number of carboxylic acid groups (broad SMARTS) is 1. The molecule has 2 rings (SSSR count). The lowest BCUT2D eigenvalue weighted by Crippen LogP contribution is -2.46. The number of carboxylic acids is 1. The molecule has 0 bridgehead atoms. The van der Waals surface area contributed by atoms with Crippen molar-refractivity contribution in [2.24, 2.45) is 11.3 Å². The summed E-state index contributed by atoms with van der Waals surface area (Å²) in [5, 5.41) is 12.4. The van der Waals surface area contributed by atoms with E-state index < -0.39 is 5.97 Å². The van der Waals surface area contributed by atoms with Gasteiger partial charge in [0.15, 0.2) is 0 Å². The normalized spacial score (nSPS) is 21.3. The number of aromatic carboxylic acids is 1. The lowest BCUT2D eigenvalue weighted by molar-refractivity contribution is -0.122. The smallest absolute Gasteiger partial charge is 0.335 e. The lowest BCUT2D eigenvalue weighted by Gasteiger charge is -2.40. The van der Waals surface area contributed by atoms with E-state index in [9.17, 15) is 14.7 Å². The highest BCUT2D eigenvalue weighted by atomic mass is 16.4. The molecule has 132 valence electrons. The van der Waals surface area contributed by atoms with Crippen molar-refractivity contribution in [1.82, 2.24) is 5.32 Å². The number of carbonyl (C=O) groups excluding carboxylic acids is 1. The van der Waals surface area contributed by atoms with E-state index in [0.29, 0.717) is 18.8 Å². The van der Waals surface area contributed by atoms with E-state index in [1.807, 2.05) is 6.07 Å². The summed E-state index contributed by atoms with van der Waals surface area (Å²) in [6.45, 7) is 6.72. The molecule has 1 aromatic carbocycles. The van der Waals surface area contributed by atoms with Gasteiger partial charge in [-0.15, -0.1) is 0 Å². The minimum absolute atomic E-state index is 0.0244.